The monoisotopic (exact) mass is 386 g/mol. The molecule has 0 unspecified atom stereocenters. The topological polar surface area (TPSA) is 140 Å². The molecule has 11 heteroatoms. The van der Waals surface area contributed by atoms with Crippen LogP contribution in [-0.2, 0) is 11.3 Å². The lowest BCUT2D eigenvalue weighted by Gasteiger charge is -2.05. The number of esters is 1. The third-order valence-corrected chi connectivity index (χ3v) is 3.79. The zero-order chi connectivity index (χ0) is 20.3. The molecule has 0 amide bonds. The molecule has 0 aliphatic heterocycles. The van der Waals surface area contributed by atoms with Crippen LogP contribution in [0.5, 0.6) is 5.75 Å². The summed E-state index contributed by atoms with van der Waals surface area (Å²) < 4.78 is 15.8. The van der Waals surface area contributed by atoms with Crippen LogP contribution in [0.25, 0.3) is 11.4 Å². The minimum Gasteiger partial charge on any atom is -0.497 e. The van der Waals surface area contributed by atoms with Crippen molar-refractivity contribution in [3.05, 3.63) is 68.5 Å². The van der Waals surface area contributed by atoms with Gasteiger partial charge in [-0.1, -0.05) is 17.3 Å². The van der Waals surface area contributed by atoms with Crippen LogP contribution in [0.2, 0.25) is 0 Å². The van der Waals surface area contributed by atoms with Crippen LogP contribution in [0, 0.1) is 10.1 Å². The summed E-state index contributed by atoms with van der Waals surface area (Å²) >= 11 is 0. The minimum absolute atomic E-state index is 0.0243. The lowest BCUT2D eigenvalue weighted by molar-refractivity contribution is -0.386. The van der Waals surface area contributed by atoms with Crippen LogP contribution in [0.4, 0.5) is 5.69 Å². The van der Waals surface area contributed by atoms with E-state index in [1.54, 1.807) is 24.3 Å². The van der Waals surface area contributed by atoms with Gasteiger partial charge in [-0.05, 0) is 12.1 Å². The summed E-state index contributed by atoms with van der Waals surface area (Å²) in [6.45, 7) is -0.262. The molecule has 3 rings (SSSR count). The molecule has 0 saturated heterocycles. The number of carbonyl (C=O) groups is 1. The molecule has 0 atom stereocenters. The number of nitro groups is 1. The molecule has 3 aromatic rings. The number of hydrogen-bond acceptors (Lipinski definition) is 9. The van der Waals surface area contributed by atoms with E-state index in [2.05, 4.69) is 14.9 Å². The van der Waals surface area contributed by atoms with Gasteiger partial charge in [0.05, 0.1) is 24.7 Å². The number of methoxy groups -OCH3 is 2. The maximum absolute atomic E-state index is 12.3. The molecule has 11 nitrogen and oxygen atoms in total. The van der Waals surface area contributed by atoms with E-state index in [1.165, 1.54) is 7.11 Å². The van der Waals surface area contributed by atoms with Crippen molar-refractivity contribution in [3.63, 3.8) is 0 Å². The largest absolute Gasteiger partial charge is 0.497 e. The average Bonchev–Trinajstić information content (AvgIpc) is 3.17. The van der Waals surface area contributed by atoms with E-state index in [0.29, 0.717) is 11.3 Å². The summed E-state index contributed by atoms with van der Waals surface area (Å²) in [6.07, 6.45) is 1.14. The fraction of sp³-hybridized carbons (Fsp3) is 0.176. The predicted molar refractivity (Wildman–Crippen MR) is 94.1 cm³/mol. The molecule has 28 heavy (non-hydrogen) atoms. The SMILES string of the molecule is COC(=O)c1cc([N+](=O)[O-])c(=O)n(Cc2nc(-c3cccc(OC)c3)no2)c1. The van der Waals surface area contributed by atoms with Crippen molar-refractivity contribution in [2.45, 2.75) is 6.54 Å². The van der Waals surface area contributed by atoms with Crippen molar-refractivity contribution in [2.75, 3.05) is 14.2 Å². The Morgan fingerprint density at radius 1 is 1.32 bits per heavy atom. The Balaban J connectivity index is 1.96. The first kappa shape index (κ1) is 18.8. The van der Waals surface area contributed by atoms with E-state index in [1.807, 2.05) is 0 Å². The average molecular weight is 386 g/mol. The molecular weight excluding hydrogens is 372 g/mol. The molecule has 0 radical (unpaired) electrons. The molecule has 0 aliphatic rings. The number of nitrogens with zero attached hydrogens (tertiary/aromatic N) is 4. The number of benzene rings is 1. The molecule has 0 saturated carbocycles. The number of pyridine rings is 1. The standard InChI is InChI=1S/C17H14N4O7/c1-26-12-5-3-4-10(6-12)15-18-14(28-19-15)9-20-8-11(17(23)27-2)7-13(16(20)22)21(24)25/h3-8H,9H2,1-2H3. The normalized spacial score (nSPS) is 10.5. The summed E-state index contributed by atoms with van der Waals surface area (Å²) in [6, 6.07) is 7.80. The zero-order valence-electron chi connectivity index (χ0n) is 14.8. The molecule has 0 N–H and O–H groups in total. The smallest absolute Gasteiger partial charge is 0.339 e. The van der Waals surface area contributed by atoms with Crippen molar-refractivity contribution < 1.29 is 23.7 Å². The van der Waals surface area contributed by atoms with E-state index < -0.39 is 22.1 Å². The van der Waals surface area contributed by atoms with E-state index in [-0.39, 0.29) is 23.8 Å². The Kier molecular flexibility index (Phi) is 5.16. The summed E-state index contributed by atoms with van der Waals surface area (Å²) in [5, 5.41) is 15.0. The van der Waals surface area contributed by atoms with Gasteiger partial charge in [-0.15, -0.1) is 0 Å². The number of ether oxygens (including phenoxy) is 2. The maximum atomic E-state index is 12.3. The highest BCUT2D eigenvalue weighted by Crippen LogP contribution is 2.21. The van der Waals surface area contributed by atoms with Crippen molar-refractivity contribution in [2.24, 2.45) is 0 Å². The van der Waals surface area contributed by atoms with Crippen LogP contribution in [0.1, 0.15) is 16.2 Å². The third-order valence-electron chi connectivity index (χ3n) is 3.79. The molecule has 0 spiro atoms. The van der Waals surface area contributed by atoms with Crippen LogP contribution in [0.3, 0.4) is 0 Å². The van der Waals surface area contributed by atoms with Crippen molar-refractivity contribution >= 4 is 11.7 Å². The second kappa shape index (κ2) is 7.70. The number of hydrogen-bond donors (Lipinski definition) is 0. The molecule has 0 aliphatic carbocycles. The molecule has 2 aromatic heterocycles. The third kappa shape index (κ3) is 3.72. The second-order valence-electron chi connectivity index (χ2n) is 5.54. The van der Waals surface area contributed by atoms with Crippen molar-refractivity contribution in [3.8, 4) is 17.1 Å². The highest BCUT2D eigenvalue weighted by atomic mass is 16.6. The quantitative estimate of drug-likeness (QED) is 0.351. The van der Waals surface area contributed by atoms with Gasteiger partial charge in [0, 0.05) is 17.8 Å². The Morgan fingerprint density at radius 2 is 2.11 bits per heavy atom. The van der Waals surface area contributed by atoms with Crippen LogP contribution >= 0.6 is 0 Å². The first-order valence-electron chi connectivity index (χ1n) is 7.87. The van der Waals surface area contributed by atoms with Gasteiger partial charge in [-0.3, -0.25) is 19.5 Å². The lowest BCUT2D eigenvalue weighted by Crippen LogP contribution is -2.24. The highest BCUT2D eigenvalue weighted by Gasteiger charge is 2.21. The van der Waals surface area contributed by atoms with Crippen LogP contribution < -0.4 is 10.3 Å². The number of rotatable bonds is 6. The van der Waals surface area contributed by atoms with Crippen molar-refractivity contribution in [1.29, 1.82) is 0 Å². The Hall–Kier alpha value is -4.02. The van der Waals surface area contributed by atoms with Crippen LogP contribution in [-0.4, -0.2) is 39.8 Å². The Labute approximate surface area is 157 Å². The summed E-state index contributed by atoms with van der Waals surface area (Å²) in [7, 11) is 2.65. The summed E-state index contributed by atoms with van der Waals surface area (Å²) in [5.74, 6) is 0.0535. The van der Waals surface area contributed by atoms with E-state index in [0.717, 1.165) is 23.9 Å². The Bertz CT molecular complexity index is 1100. The van der Waals surface area contributed by atoms with Gasteiger partial charge in [-0.2, -0.15) is 4.98 Å². The van der Waals surface area contributed by atoms with Gasteiger partial charge in [-0.25, -0.2) is 4.79 Å². The molecular formula is C17H14N4O7. The first-order valence-corrected chi connectivity index (χ1v) is 7.87. The molecule has 144 valence electrons. The minimum atomic E-state index is -0.918. The molecule has 0 fully saturated rings. The van der Waals surface area contributed by atoms with Crippen LogP contribution in [0.15, 0.2) is 45.8 Å². The molecule has 2 heterocycles. The van der Waals surface area contributed by atoms with Gasteiger partial charge < -0.3 is 14.0 Å². The maximum Gasteiger partial charge on any atom is 0.339 e. The fourth-order valence-electron chi connectivity index (χ4n) is 2.44. The molecule has 0 bridgehead atoms. The second-order valence-corrected chi connectivity index (χ2v) is 5.54. The van der Waals surface area contributed by atoms with Crippen molar-refractivity contribution in [1.82, 2.24) is 14.7 Å². The van der Waals surface area contributed by atoms with E-state index in [9.17, 15) is 19.7 Å². The Morgan fingerprint density at radius 3 is 2.79 bits per heavy atom. The van der Waals surface area contributed by atoms with Gasteiger partial charge in [0.25, 0.3) is 0 Å². The summed E-state index contributed by atoms with van der Waals surface area (Å²) in [5.41, 5.74) is -1.22. The lowest BCUT2D eigenvalue weighted by atomic mass is 10.2. The van der Waals surface area contributed by atoms with Gasteiger partial charge in [0.15, 0.2) is 0 Å². The van der Waals surface area contributed by atoms with E-state index in [4.69, 9.17) is 9.26 Å². The van der Waals surface area contributed by atoms with Gasteiger partial charge >= 0.3 is 17.2 Å². The fourth-order valence-corrected chi connectivity index (χ4v) is 2.44. The highest BCUT2D eigenvalue weighted by molar-refractivity contribution is 5.89. The van der Waals surface area contributed by atoms with Gasteiger partial charge in [0.2, 0.25) is 11.7 Å². The number of aromatic nitrogens is 3. The predicted octanol–water partition coefficient (Wildman–Crippen LogP) is 1.65. The molecule has 1 aromatic carbocycles. The number of carbonyl (C=O) groups excluding carboxylic acids is 1. The first-order chi connectivity index (χ1) is 13.4. The zero-order valence-corrected chi connectivity index (χ0v) is 14.8. The van der Waals surface area contributed by atoms with E-state index >= 15 is 0 Å². The van der Waals surface area contributed by atoms with Gasteiger partial charge in [0.1, 0.15) is 12.3 Å². The summed E-state index contributed by atoms with van der Waals surface area (Å²) in [4.78, 5) is 38.5.